The standard InChI is InChI=1S/C20H29N5O2/c1-15(27-18-11-7-6-10-17(18)26-5)13-23-20(21-2)24-14-16-9-8-12-22-19(16)25(3)4/h6-12,15H,13-14H2,1-5H3,(H2,21,23,24). The molecule has 0 bridgehead atoms. The number of guanidine groups is 1. The van der Waals surface area contributed by atoms with Crippen molar-refractivity contribution in [2.75, 3.05) is 39.7 Å². The summed E-state index contributed by atoms with van der Waals surface area (Å²) in [6, 6.07) is 11.6. The number of methoxy groups -OCH3 is 1. The van der Waals surface area contributed by atoms with Crippen molar-refractivity contribution in [2.45, 2.75) is 19.6 Å². The number of benzene rings is 1. The quantitative estimate of drug-likeness (QED) is 0.548. The Morgan fingerprint density at radius 2 is 1.89 bits per heavy atom. The van der Waals surface area contributed by atoms with Gasteiger partial charge in [0.25, 0.3) is 0 Å². The summed E-state index contributed by atoms with van der Waals surface area (Å²) >= 11 is 0. The summed E-state index contributed by atoms with van der Waals surface area (Å²) in [6.45, 7) is 3.23. The van der Waals surface area contributed by atoms with Crippen molar-refractivity contribution >= 4 is 11.8 Å². The molecule has 2 rings (SSSR count). The van der Waals surface area contributed by atoms with Crippen LogP contribution in [0.5, 0.6) is 11.5 Å². The molecular formula is C20H29N5O2. The van der Waals surface area contributed by atoms with Crippen molar-refractivity contribution in [1.29, 1.82) is 0 Å². The number of anilines is 1. The molecule has 1 atom stereocenters. The normalized spacial score (nSPS) is 12.3. The van der Waals surface area contributed by atoms with Crippen LogP contribution in [0.3, 0.4) is 0 Å². The number of aromatic nitrogens is 1. The lowest BCUT2D eigenvalue weighted by Crippen LogP contribution is -2.41. The Hall–Kier alpha value is -2.96. The minimum absolute atomic E-state index is 0.0596. The van der Waals surface area contributed by atoms with Crippen LogP contribution < -0.4 is 25.0 Å². The molecule has 146 valence electrons. The van der Waals surface area contributed by atoms with Crippen molar-refractivity contribution in [3.05, 3.63) is 48.2 Å². The second kappa shape index (κ2) is 10.3. The SMILES string of the molecule is CN=C(NCc1cccnc1N(C)C)NCC(C)Oc1ccccc1OC. The predicted molar refractivity (Wildman–Crippen MR) is 110 cm³/mol. The highest BCUT2D eigenvalue weighted by molar-refractivity contribution is 5.79. The van der Waals surface area contributed by atoms with Crippen LogP contribution in [0.25, 0.3) is 0 Å². The maximum atomic E-state index is 5.96. The maximum Gasteiger partial charge on any atom is 0.191 e. The van der Waals surface area contributed by atoms with Crippen LogP contribution in [0.4, 0.5) is 5.82 Å². The molecule has 7 heteroatoms. The summed E-state index contributed by atoms with van der Waals surface area (Å²) < 4.78 is 11.3. The average molecular weight is 371 g/mol. The Morgan fingerprint density at radius 3 is 2.56 bits per heavy atom. The van der Waals surface area contributed by atoms with Gasteiger partial charge in [0, 0.05) is 39.4 Å². The van der Waals surface area contributed by atoms with Crippen LogP contribution in [-0.2, 0) is 6.54 Å². The highest BCUT2D eigenvalue weighted by Crippen LogP contribution is 2.26. The molecule has 27 heavy (non-hydrogen) atoms. The van der Waals surface area contributed by atoms with Gasteiger partial charge in [0.15, 0.2) is 17.5 Å². The third kappa shape index (κ3) is 6.06. The Kier molecular flexibility index (Phi) is 7.73. The monoisotopic (exact) mass is 371 g/mol. The minimum Gasteiger partial charge on any atom is -0.493 e. The molecular weight excluding hydrogens is 342 g/mol. The summed E-state index contributed by atoms with van der Waals surface area (Å²) in [6.07, 6.45) is 1.73. The molecule has 0 aliphatic heterocycles. The summed E-state index contributed by atoms with van der Waals surface area (Å²) in [4.78, 5) is 10.7. The summed E-state index contributed by atoms with van der Waals surface area (Å²) in [5, 5.41) is 6.60. The van der Waals surface area contributed by atoms with Crippen LogP contribution >= 0.6 is 0 Å². The topological polar surface area (TPSA) is 71.0 Å². The van der Waals surface area contributed by atoms with Gasteiger partial charge in [-0.05, 0) is 25.1 Å². The first-order chi connectivity index (χ1) is 13.0. The zero-order valence-corrected chi connectivity index (χ0v) is 16.7. The lowest BCUT2D eigenvalue weighted by atomic mass is 10.2. The van der Waals surface area contributed by atoms with Gasteiger partial charge in [0.2, 0.25) is 0 Å². The lowest BCUT2D eigenvalue weighted by Gasteiger charge is -2.20. The zero-order valence-electron chi connectivity index (χ0n) is 16.7. The Balaban J connectivity index is 1.87. The van der Waals surface area contributed by atoms with E-state index in [1.165, 1.54) is 0 Å². The van der Waals surface area contributed by atoms with E-state index >= 15 is 0 Å². The largest absolute Gasteiger partial charge is 0.493 e. The third-order valence-corrected chi connectivity index (χ3v) is 3.92. The number of pyridine rings is 1. The van der Waals surface area contributed by atoms with Gasteiger partial charge in [0.1, 0.15) is 11.9 Å². The van der Waals surface area contributed by atoms with E-state index in [4.69, 9.17) is 9.47 Å². The number of hydrogen-bond acceptors (Lipinski definition) is 5. The number of para-hydroxylation sites is 2. The Bertz CT molecular complexity index is 749. The van der Waals surface area contributed by atoms with Gasteiger partial charge in [-0.1, -0.05) is 18.2 Å². The molecule has 2 N–H and O–H groups in total. The Labute approximate surface area is 161 Å². The molecule has 2 aromatic rings. The van der Waals surface area contributed by atoms with Crippen molar-refractivity contribution < 1.29 is 9.47 Å². The van der Waals surface area contributed by atoms with Crippen LogP contribution in [-0.4, -0.2) is 51.8 Å². The molecule has 0 amide bonds. The van der Waals surface area contributed by atoms with Gasteiger partial charge in [-0.15, -0.1) is 0 Å². The van der Waals surface area contributed by atoms with Crippen molar-refractivity contribution in [3.8, 4) is 11.5 Å². The van der Waals surface area contributed by atoms with E-state index in [9.17, 15) is 0 Å². The molecule has 0 aliphatic carbocycles. The first kappa shape index (κ1) is 20.4. The zero-order chi connectivity index (χ0) is 19.6. The van der Waals surface area contributed by atoms with Crippen LogP contribution in [0.15, 0.2) is 47.6 Å². The Morgan fingerprint density at radius 1 is 1.15 bits per heavy atom. The van der Waals surface area contributed by atoms with E-state index in [1.807, 2.05) is 56.3 Å². The van der Waals surface area contributed by atoms with E-state index in [0.717, 1.165) is 22.9 Å². The highest BCUT2D eigenvalue weighted by atomic mass is 16.5. The van der Waals surface area contributed by atoms with E-state index in [2.05, 4.69) is 26.7 Å². The van der Waals surface area contributed by atoms with Gasteiger partial charge in [-0.2, -0.15) is 0 Å². The van der Waals surface area contributed by atoms with E-state index in [0.29, 0.717) is 19.0 Å². The average Bonchev–Trinajstić information content (AvgIpc) is 2.68. The lowest BCUT2D eigenvalue weighted by molar-refractivity contribution is 0.213. The molecule has 1 heterocycles. The molecule has 0 saturated heterocycles. The number of hydrogen-bond donors (Lipinski definition) is 2. The third-order valence-electron chi connectivity index (χ3n) is 3.92. The fourth-order valence-electron chi connectivity index (χ4n) is 2.59. The summed E-state index contributed by atoms with van der Waals surface area (Å²) in [5.74, 6) is 3.09. The van der Waals surface area contributed by atoms with Crippen LogP contribution in [0.2, 0.25) is 0 Å². The second-order valence-electron chi connectivity index (χ2n) is 6.27. The molecule has 0 aliphatic rings. The number of rotatable bonds is 8. The van der Waals surface area contributed by atoms with Crippen molar-refractivity contribution in [2.24, 2.45) is 4.99 Å². The fraction of sp³-hybridized carbons (Fsp3) is 0.400. The van der Waals surface area contributed by atoms with Gasteiger partial charge in [0.05, 0.1) is 13.7 Å². The van der Waals surface area contributed by atoms with Gasteiger partial charge in [-0.25, -0.2) is 4.98 Å². The molecule has 1 aromatic heterocycles. The summed E-state index contributed by atoms with van der Waals surface area (Å²) in [5.41, 5.74) is 1.10. The highest BCUT2D eigenvalue weighted by Gasteiger charge is 2.10. The molecule has 0 spiro atoms. The second-order valence-corrected chi connectivity index (χ2v) is 6.27. The van der Waals surface area contributed by atoms with Gasteiger partial charge < -0.3 is 25.0 Å². The number of aliphatic imine (C=N–C) groups is 1. The van der Waals surface area contributed by atoms with Gasteiger partial charge >= 0.3 is 0 Å². The van der Waals surface area contributed by atoms with Crippen LogP contribution in [0, 0.1) is 0 Å². The maximum absolute atomic E-state index is 5.96. The molecule has 0 saturated carbocycles. The van der Waals surface area contributed by atoms with E-state index in [-0.39, 0.29) is 6.10 Å². The van der Waals surface area contributed by atoms with E-state index in [1.54, 1.807) is 20.4 Å². The van der Waals surface area contributed by atoms with Gasteiger partial charge in [-0.3, -0.25) is 4.99 Å². The molecule has 1 unspecified atom stereocenters. The number of ether oxygens (including phenoxy) is 2. The smallest absolute Gasteiger partial charge is 0.191 e. The molecule has 0 radical (unpaired) electrons. The van der Waals surface area contributed by atoms with E-state index < -0.39 is 0 Å². The fourth-order valence-corrected chi connectivity index (χ4v) is 2.59. The van der Waals surface area contributed by atoms with Crippen molar-refractivity contribution in [3.63, 3.8) is 0 Å². The van der Waals surface area contributed by atoms with Crippen LogP contribution in [0.1, 0.15) is 12.5 Å². The predicted octanol–water partition coefficient (Wildman–Crippen LogP) is 2.29. The summed E-state index contributed by atoms with van der Waals surface area (Å²) in [7, 11) is 7.35. The minimum atomic E-state index is -0.0596. The first-order valence-corrected chi connectivity index (χ1v) is 8.90. The molecule has 1 aromatic carbocycles. The molecule has 0 fully saturated rings. The van der Waals surface area contributed by atoms with Crippen molar-refractivity contribution in [1.82, 2.24) is 15.6 Å². The first-order valence-electron chi connectivity index (χ1n) is 8.90. The molecule has 7 nitrogen and oxygen atoms in total. The number of nitrogens with zero attached hydrogens (tertiary/aromatic N) is 3. The number of nitrogens with one attached hydrogen (secondary N) is 2.